The van der Waals surface area contributed by atoms with Crippen molar-refractivity contribution in [3.05, 3.63) is 83.3 Å². The Morgan fingerprint density at radius 1 is 1.12 bits per heavy atom. The zero-order chi connectivity index (χ0) is 37.2. The molecule has 5 atom stereocenters. The van der Waals surface area contributed by atoms with Crippen LogP contribution in [0.25, 0.3) is 11.6 Å². The van der Waals surface area contributed by atoms with Crippen LogP contribution in [0.2, 0.25) is 0 Å². The fourth-order valence-corrected chi connectivity index (χ4v) is 8.81. The van der Waals surface area contributed by atoms with Crippen molar-refractivity contribution in [3.8, 4) is 0 Å². The lowest BCUT2D eigenvalue weighted by atomic mass is 10.0. The number of anilines is 1. The van der Waals surface area contributed by atoms with Crippen LogP contribution in [0.3, 0.4) is 0 Å². The zero-order valence-corrected chi connectivity index (χ0v) is 30.5. The quantitative estimate of drug-likeness (QED) is 0.134. The van der Waals surface area contributed by atoms with Gasteiger partial charge in [0.15, 0.2) is 6.29 Å². The largest absolute Gasteiger partial charge is 0.469 e. The zero-order valence-electron chi connectivity index (χ0n) is 28.8. The van der Waals surface area contributed by atoms with Crippen molar-refractivity contribution in [1.82, 2.24) is 9.62 Å². The van der Waals surface area contributed by atoms with E-state index in [4.69, 9.17) is 23.2 Å². The van der Waals surface area contributed by atoms with Gasteiger partial charge in [0.25, 0.3) is 5.91 Å². The van der Waals surface area contributed by atoms with Crippen LogP contribution in [-0.4, -0.2) is 85.4 Å². The highest BCUT2D eigenvalue weighted by atomic mass is 32.2. The van der Waals surface area contributed by atoms with Crippen LogP contribution >= 0.6 is 7.82 Å². The number of alkyl carbamates (subject to hydrolysis) is 1. The lowest BCUT2D eigenvalue weighted by molar-refractivity contribution is -0.110. The number of sulfonamides is 1. The van der Waals surface area contributed by atoms with Crippen molar-refractivity contribution < 1.29 is 55.5 Å². The van der Waals surface area contributed by atoms with Gasteiger partial charge in [-0.3, -0.25) is 9.32 Å². The van der Waals surface area contributed by atoms with E-state index in [1.54, 1.807) is 63.2 Å². The molecule has 52 heavy (non-hydrogen) atoms. The molecule has 2 fully saturated rings. The second-order valence-electron chi connectivity index (χ2n) is 13.4. The average Bonchev–Trinajstić information content (AvgIpc) is 3.86. The molecule has 4 N–H and O–H groups in total. The van der Waals surface area contributed by atoms with Crippen LogP contribution in [-0.2, 0) is 44.5 Å². The molecule has 0 spiro atoms. The molecule has 0 aliphatic carbocycles. The van der Waals surface area contributed by atoms with Crippen LogP contribution in [0.5, 0.6) is 0 Å². The van der Waals surface area contributed by atoms with Gasteiger partial charge in [-0.05, 0) is 67.7 Å². The third-order valence-corrected chi connectivity index (χ3v) is 11.4. The van der Waals surface area contributed by atoms with Gasteiger partial charge in [-0.15, -0.1) is 0 Å². The molecular weight excluding hydrogens is 717 g/mol. The highest BCUT2D eigenvalue weighted by Crippen LogP contribution is 2.40. The number of phosphoric ester groups is 1. The fourth-order valence-electron chi connectivity index (χ4n) is 6.60. The Kier molecular flexibility index (Phi) is 11.4. The molecule has 0 saturated carbocycles. The second-order valence-corrected chi connectivity index (χ2v) is 16.6. The minimum absolute atomic E-state index is 0.0134. The number of benzene rings is 2. The molecule has 0 bridgehead atoms. The first-order chi connectivity index (χ1) is 24.7. The highest BCUT2D eigenvalue weighted by Gasteiger charge is 2.44. The number of hydrogen-bond acceptors (Lipinski definition) is 10. The molecule has 2 amide bonds. The van der Waals surface area contributed by atoms with Crippen molar-refractivity contribution in [2.45, 2.75) is 63.0 Å². The number of ether oxygens (including phenoxy) is 3. The molecule has 17 heteroatoms. The highest BCUT2D eigenvalue weighted by molar-refractivity contribution is 7.89. The van der Waals surface area contributed by atoms with Gasteiger partial charge in [-0.1, -0.05) is 44.2 Å². The van der Waals surface area contributed by atoms with E-state index in [1.807, 2.05) is 0 Å². The number of hydrogen-bond donors (Lipinski definition) is 4. The van der Waals surface area contributed by atoms with Crippen molar-refractivity contribution in [2.24, 2.45) is 11.8 Å². The first-order valence-electron chi connectivity index (χ1n) is 16.9. The summed E-state index contributed by atoms with van der Waals surface area (Å²) >= 11 is 0. The van der Waals surface area contributed by atoms with Gasteiger partial charge in [-0.25, -0.2) is 17.8 Å². The van der Waals surface area contributed by atoms with Crippen LogP contribution in [0.4, 0.5) is 10.5 Å². The number of amides is 2. The predicted octanol–water partition coefficient (Wildman–Crippen LogP) is 4.30. The summed E-state index contributed by atoms with van der Waals surface area (Å²) in [5.41, 5.74) is 1.63. The summed E-state index contributed by atoms with van der Waals surface area (Å²) in [6.45, 7) is 5.29. The van der Waals surface area contributed by atoms with Crippen molar-refractivity contribution >= 4 is 47.2 Å². The number of furan rings is 1. The summed E-state index contributed by atoms with van der Waals surface area (Å²) in [6, 6.07) is 15.3. The van der Waals surface area contributed by atoms with Gasteiger partial charge in [0.2, 0.25) is 10.0 Å². The topological polar surface area (TPSA) is 203 Å². The van der Waals surface area contributed by atoms with Crippen LogP contribution in [0.1, 0.15) is 42.9 Å². The smallest absolute Gasteiger partial charge is 0.462 e. The SMILES string of the molecule is Cc1ccc(C=C2C(=O)Nc3ccc(S(=O)(=O)N(CC(C)C)CC(OP(=O)(O)O)C(Cc4ccccc4)NC(=O)OC4COC5OCCC45)cc32)o1. The summed E-state index contributed by atoms with van der Waals surface area (Å²) in [5, 5.41) is 5.44. The third kappa shape index (κ3) is 9.01. The fraction of sp³-hybridized carbons (Fsp3) is 0.429. The molecule has 2 aromatic carbocycles. The molecular formula is C35H42N3O12PS. The van der Waals surface area contributed by atoms with E-state index in [9.17, 15) is 32.4 Å². The summed E-state index contributed by atoms with van der Waals surface area (Å²) in [5.74, 6) is 0.208. The molecule has 3 aromatic rings. The molecule has 3 aliphatic heterocycles. The van der Waals surface area contributed by atoms with Gasteiger partial charge in [0, 0.05) is 24.3 Å². The van der Waals surface area contributed by atoms with Crippen molar-refractivity contribution in [2.75, 3.05) is 31.6 Å². The standard InChI is InChI=1S/C35H42N3O12PS/c1-21(2)18-38(52(44,45)25-11-12-29-27(17-25)28(33(39)36-29)16-24-10-9-22(3)48-24)19-31(50-51(41,42)43)30(15-23-7-5-4-6-8-23)37-35(40)49-32-20-47-34-26(32)13-14-46-34/h4-12,16-17,21,26,30-32,34H,13-15,18-20H2,1-3H3,(H,36,39)(H,37,40)(H2,41,42,43). The number of nitrogens with zero attached hydrogens (tertiary/aromatic N) is 1. The van der Waals surface area contributed by atoms with Crippen molar-refractivity contribution in [1.29, 1.82) is 0 Å². The Bertz CT molecular complexity index is 1960. The van der Waals surface area contributed by atoms with Gasteiger partial charge in [-0.2, -0.15) is 4.31 Å². The molecule has 6 rings (SSSR count). The Balaban J connectivity index is 1.32. The Morgan fingerprint density at radius 3 is 2.58 bits per heavy atom. The normalized spacial score (nSPS) is 22.0. The average molecular weight is 760 g/mol. The van der Waals surface area contributed by atoms with Gasteiger partial charge in [0.05, 0.1) is 35.6 Å². The van der Waals surface area contributed by atoms with Crippen LogP contribution in [0, 0.1) is 18.8 Å². The second kappa shape index (κ2) is 15.6. The molecule has 3 aliphatic rings. The summed E-state index contributed by atoms with van der Waals surface area (Å²) < 4.78 is 70.1. The molecule has 4 heterocycles. The molecule has 1 aromatic heterocycles. The molecule has 280 valence electrons. The monoisotopic (exact) mass is 759 g/mol. The van der Waals surface area contributed by atoms with Gasteiger partial charge in [0.1, 0.15) is 23.7 Å². The summed E-state index contributed by atoms with van der Waals surface area (Å²) in [7, 11) is -9.66. The first kappa shape index (κ1) is 37.9. The number of rotatable bonds is 14. The lowest BCUT2D eigenvalue weighted by Crippen LogP contribution is -2.52. The summed E-state index contributed by atoms with van der Waals surface area (Å²) in [6.07, 6.45) is -1.36. The van der Waals surface area contributed by atoms with E-state index >= 15 is 0 Å². The number of nitrogens with one attached hydrogen (secondary N) is 2. The number of fused-ring (bicyclic) bond motifs is 2. The van der Waals surface area contributed by atoms with E-state index in [0.717, 1.165) is 4.31 Å². The third-order valence-electron chi connectivity index (χ3n) is 8.98. The van der Waals surface area contributed by atoms with Crippen molar-refractivity contribution in [3.63, 3.8) is 0 Å². The van der Waals surface area contributed by atoms with E-state index in [0.29, 0.717) is 41.4 Å². The minimum atomic E-state index is -5.25. The maximum absolute atomic E-state index is 14.5. The summed E-state index contributed by atoms with van der Waals surface area (Å²) in [4.78, 5) is 46.2. The Labute approximate surface area is 301 Å². The van der Waals surface area contributed by atoms with Crippen LogP contribution < -0.4 is 10.6 Å². The molecule has 5 unspecified atom stereocenters. The van der Waals surface area contributed by atoms with Gasteiger partial charge >= 0.3 is 13.9 Å². The molecule has 2 saturated heterocycles. The number of phosphoric acid groups is 1. The number of aryl methyl sites for hydroxylation is 1. The minimum Gasteiger partial charge on any atom is -0.462 e. The number of carbonyl (C=O) groups excluding carboxylic acids is 2. The Hall–Kier alpha value is -3.86. The first-order valence-corrected chi connectivity index (χ1v) is 19.9. The predicted molar refractivity (Wildman–Crippen MR) is 188 cm³/mol. The maximum atomic E-state index is 14.5. The van der Waals surface area contributed by atoms with E-state index in [-0.39, 0.29) is 41.9 Å². The maximum Gasteiger partial charge on any atom is 0.469 e. The van der Waals surface area contributed by atoms with Gasteiger partial charge < -0.3 is 39.0 Å². The molecule has 0 radical (unpaired) electrons. The van der Waals surface area contributed by atoms with Crippen LogP contribution in [0.15, 0.2) is 70.0 Å². The lowest BCUT2D eigenvalue weighted by Gasteiger charge is -2.33. The molecule has 15 nitrogen and oxygen atoms in total. The van der Waals surface area contributed by atoms with E-state index in [1.165, 1.54) is 24.3 Å². The van der Waals surface area contributed by atoms with E-state index < -0.39 is 60.9 Å². The van der Waals surface area contributed by atoms with E-state index in [2.05, 4.69) is 10.6 Å². The number of carbonyl (C=O) groups is 2. The Morgan fingerprint density at radius 2 is 1.88 bits per heavy atom.